The molecule has 5 heteroatoms. The standard InChI is InChI=1S/C15H14Cl3NS/c1-9(19)7-10-3-2-4-13(18)15(10)20-14-8-11(16)5-6-12(14)17/h2-6,8-9H,7,19H2,1H3. The van der Waals surface area contributed by atoms with Gasteiger partial charge in [0.1, 0.15) is 0 Å². The van der Waals surface area contributed by atoms with Crippen molar-refractivity contribution in [3.63, 3.8) is 0 Å². The molecule has 2 N–H and O–H groups in total. The highest BCUT2D eigenvalue weighted by atomic mass is 35.5. The molecule has 0 radical (unpaired) electrons. The van der Waals surface area contributed by atoms with Gasteiger partial charge in [0.15, 0.2) is 0 Å². The van der Waals surface area contributed by atoms with Gasteiger partial charge in [-0.2, -0.15) is 0 Å². The summed E-state index contributed by atoms with van der Waals surface area (Å²) in [7, 11) is 0. The first-order chi connectivity index (χ1) is 9.47. The zero-order chi connectivity index (χ0) is 14.7. The summed E-state index contributed by atoms with van der Waals surface area (Å²) >= 11 is 20.1. The number of rotatable bonds is 4. The second kappa shape index (κ2) is 7.06. The lowest BCUT2D eigenvalue weighted by molar-refractivity contribution is 0.729. The van der Waals surface area contributed by atoms with Crippen LogP contribution in [-0.4, -0.2) is 6.04 Å². The van der Waals surface area contributed by atoms with Crippen LogP contribution in [0.15, 0.2) is 46.2 Å². The normalized spacial score (nSPS) is 12.4. The van der Waals surface area contributed by atoms with Crippen LogP contribution in [-0.2, 0) is 6.42 Å². The Kier molecular flexibility index (Phi) is 5.65. The third-order valence-corrected chi connectivity index (χ3v) is 5.04. The zero-order valence-corrected chi connectivity index (χ0v) is 14.0. The number of halogens is 3. The van der Waals surface area contributed by atoms with Crippen LogP contribution in [0.2, 0.25) is 15.1 Å². The third-order valence-electron chi connectivity index (χ3n) is 2.70. The van der Waals surface area contributed by atoms with Crippen LogP contribution in [0.1, 0.15) is 12.5 Å². The van der Waals surface area contributed by atoms with Gasteiger partial charge in [-0.25, -0.2) is 0 Å². The smallest absolute Gasteiger partial charge is 0.0548 e. The fourth-order valence-electron chi connectivity index (χ4n) is 1.84. The van der Waals surface area contributed by atoms with E-state index in [0.29, 0.717) is 15.1 Å². The highest BCUT2D eigenvalue weighted by molar-refractivity contribution is 7.99. The van der Waals surface area contributed by atoms with E-state index in [9.17, 15) is 0 Å². The van der Waals surface area contributed by atoms with Crippen molar-refractivity contribution in [1.82, 2.24) is 0 Å². The summed E-state index contributed by atoms with van der Waals surface area (Å²) in [5, 5.41) is 2.01. The van der Waals surface area contributed by atoms with Crippen molar-refractivity contribution in [2.24, 2.45) is 5.73 Å². The SMILES string of the molecule is CC(N)Cc1cccc(Cl)c1Sc1cc(Cl)ccc1Cl. The fourth-order valence-corrected chi connectivity index (χ4v) is 3.64. The summed E-state index contributed by atoms with van der Waals surface area (Å²) in [5.41, 5.74) is 7.01. The Hall–Kier alpha value is -0.380. The molecule has 2 aromatic rings. The van der Waals surface area contributed by atoms with Crippen molar-refractivity contribution < 1.29 is 0 Å². The Balaban J connectivity index is 2.39. The Bertz CT molecular complexity index is 614. The summed E-state index contributed by atoms with van der Waals surface area (Å²) < 4.78 is 0. The first-order valence-electron chi connectivity index (χ1n) is 6.13. The maximum Gasteiger partial charge on any atom is 0.0548 e. The fraction of sp³-hybridized carbons (Fsp3) is 0.200. The molecule has 0 bridgehead atoms. The van der Waals surface area contributed by atoms with E-state index in [-0.39, 0.29) is 6.04 Å². The summed E-state index contributed by atoms with van der Waals surface area (Å²) in [6, 6.07) is 11.3. The van der Waals surface area contributed by atoms with E-state index in [0.717, 1.165) is 21.8 Å². The predicted octanol–water partition coefficient (Wildman–Crippen LogP) is 5.69. The second-order valence-electron chi connectivity index (χ2n) is 4.59. The molecule has 0 saturated heterocycles. The van der Waals surface area contributed by atoms with Crippen LogP contribution in [0.25, 0.3) is 0 Å². The minimum Gasteiger partial charge on any atom is -0.328 e. The molecule has 2 rings (SSSR count). The van der Waals surface area contributed by atoms with Gasteiger partial charge in [-0.05, 0) is 43.2 Å². The van der Waals surface area contributed by atoms with Crippen molar-refractivity contribution in [1.29, 1.82) is 0 Å². The van der Waals surface area contributed by atoms with E-state index >= 15 is 0 Å². The molecule has 0 spiro atoms. The lowest BCUT2D eigenvalue weighted by atomic mass is 10.1. The number of nitrogens with two attached hydrogens (primary N) is 1. The van der Waals surface area contributed by atoms with Crippen molar-refractivity contribution in [3.05, 3.63) is 57.0 Å². The van der Waals surface area contributed by atoms with Gasteiger partial charge in [0.05, 0.1) is 10.0 Å². The van der Waals surface area contributed by atoms with Gasteiger partial charge < -0.3 is 5.73 Å². The van der Waals surface area contributed by atoms with Gasteiger partial charge >= 0.3 is 0 Å². The predicted molar refractivity (Wildman–Crippen MR) is 89.4 cm³/mol. The number of benzene rings is 2. The van der Waals surface area contributed by atoms with E-state index in [4.69, 9.17) is 40.5 Å². The minimum absolute atomic E-state index is 0.0719. The molecule has 0 aromatic heterocycles. The summed E-state index contributed by atoms with van der Waals surface area (Å²) in [6.07, 6.45) is 0.765. The van der Waals surface area contributed by atoms with Crippen molar-refractivity contribution in [2.75, 3.05) is 0 Å². The molecule has 0 amide bonds. The topological polar surface area (TPSA) is 26.0 Å². The van der Waals surface area contributed by atoms with Crippen LogP contribution < -0.4 is 5.73 Å². The lowest BCUT2D eigenvalue weighted by Crippen LogP contribution is -2.18. The van der Waals surface area contributed by atoms with E-state index < -0.39 is 0 Å². The van der Waals surface area contributed by atoms with Gasteiger partial charge in [-0.15, -0.1) is 0 Å². The van der Waals surface area contributed by atoms with E-state index in [1.54, 1.807) is 12.1 Å². The van der Waals surface area contributed by atoms with Gasteiger partial charge in [-0.3, -0.25) is 0 Å². The number of hydrogen-bond donors (Lipinski definition) is 1. The monoisotopic (exact) mass is 345 g/mol. The van der Waals surface area contributed by atoms with E-state index in [1.807, 2.05) is 31.2 Å². The molecule has 2 aromatic carbocycles. The molecule has 0 aliphatic heterocycles. The van der Waals surface area contributed by atoms with Crippen LogP contribution in [0.4, 0.5) is 0 Å². The van der Waals surface area contributed by atoms with Crippen molar-refractivity contribution in [3.8, 4) is 0 Å². The largest absolute Gasteiger partial charge is 0.328 e. The Morgan fingerprint density at radius 3 is 2.55 bits per heavy atom. The Labute approximate surface area is 138 Å². The molecule has 0 aliphatic carbocycles. The minimum atomic E-state index is 0.0719. The molecular weight excluding hydrogens is 333 g/mol. The summed E-state index contributed by atoms with van der Waals surface area (Å²) in [5.74, 6) is 0. The molecule has 0 saturated carbocycles. The molecule has 106 valence electrons. The van der Waals surface area contributed by atoms with Gasteiger partial charge in [0.25, 0.3) is 0 Å². The maximum atomic E-state index is 6.32. The average molecular weight is 347 g/mol. The van der Waals surface area contributed by atoms with Gasteiger partial charge in [-0.1, -0.05) is 58.7 Å². The van der Waals surface area contributed by atoms with Crippen LogP contribution in [0.3, 0.4) is 0 Å². The summed E-state index contributed by atoms with van der Waals surface area (Å²) in [6.45, 7) is 1.97. The zero-order valence-electron chi connectivity index (χ0n) is 10.9. The average Bonchev–Trinajstić information content (AvgIpc) is 2.37. The highest BCUT2D eigenvalue weighted by Crippen LogP contribution is 2.40. The highest BCUT2D eigenvalue weighted by Gasteiger charge is 2.12. The molecule has 0 fully saturated rings. The Morgan fingerprint density at radius 2 is 1.85 bits per heavy atom. The molecule has 20 heavy (non-hydrogen) atoms. The third kappa shape index (κ3) is 4.06. The molecule has 1 unspecified atom stereocenters. The molecule has 1 atom stereocenters. The lowest BCUT2D eigenvalue weighted by Gasteiger charge is -2.13. The van der Waals surface area contributed by atoms with E-state index in [2.05, 4.69) is 0 Å². The Morgan fingerprint density at radius 1 is 1.10 bits per heavy atom. The van der Waals surface area contributed by atoms with Crippen LogP contribution in [0.5, 0.6) is 0 Å². The molecular formula is C15H14Cl3NS. The van der Waals surface area contributed by atoms with Gasteiger partial charge in [0.2, 0.25) is 0 Å². The number of hydrogen-bond acceptors (Lipinski definition) is 2. The maximum absolute atomic E-state index is 6.32. The van der Waals surface area contributed by atoms with Crippen LogP contribution in [0, 0.1) is 0 Å². The molecule has 0 aliphatic rings. The van der Waals surface area contributed by atoms with Gasteiger partial charge in [0, 0.05) is 20.9 Å². The first kappa shape index (κ1) is 16.0. The van der Waals surface area contributed by atoms with Crippen molar-refractivity contribution in [2.45, 2.75) is 29.2 Å². The first-order valence-corrected chi connectivity index (χ1v) is 8.08. The quantitative estimate of drug-likeness (QED) is 0.769. The molecule has 0 heterocycles. The summed E-state index contributed by atoms with van der Waals surface area (Å²) in [4.78, 5) is 1.87. The van der Waals surface area contributed by atoms with E-state index in [1.165, 1.54) is 11.8 Å². The second-order valence-corrected chi connectivity index (χ2v) is 6.89. The van der Waals surface area contributed by atoms with Crippen LogP contribution >= 0.6 is 46.6 Å². The molecule has 1 nitrogen and oxygen atoms in total. The van der Waals surface area contributed by atoms with Crippen molar-refractivity contribution >= 4 is 46.6 Å².